The second-order valence-electron chi connectivity index (χ2n) is 4.31. The molecule has 1 saturated heterocycles. The van der Waals surface area contributed by atoms with Gasteiger partial charge in [0.2, 0.25) is 0 Å². The third-order valence-electron chi connectivity index (χ3n) is 3.00. The Morgan fingerprint density at radius 1 is 1.33 bits per heavy atom. The monoisotopic (exact) mass is 214 g/mol. The molecule has 2 fully saturated rings. The van der Waals surface area contributed by atoms with E-state index in [9.17, 15) is 4.79 Å². The average molecular weight is 214 g/mol. The lowest BCUT2D eigenvalue weighted by atomic mass is 9.90. The summed E-state index contributed by atoms with van der Waals surface area (Å²) in [7, 11) is 0. The topological polar surface area (TPSA) is 48.1 Å². The van der Waals surface area contributed by atoms with Gasteiger partial charge in [-0.15, -0.1) is 0 Å². The average Bonchev–Trinajstić information content (AvgIpc) is 2.94. The van der Waals surface area contributed by atoms with Gasteiger partial charge in [0, 0.05) is 13.5 Å². The second kappa shape index (κ2) is 4.94. The van der Waals surface area contributed by atoms with Crippen LogP contribution in [-0.4, -0.2) is 38.0 Å². The molecule has 4 heteroatoms. The van der Waals surface area contributed by atoms with Crippen molar-refractivity contribution >= 4 is 5.97 Å². The van der Waals surface area contributed by atoms with Gasteiger partial charge >= 0.3 is 5.97 Å². The lowest BCUT2D eigenvalue weighted by molar-refractivity contribution is -0.142. The number of hydrogen-bond donors (Lipinski definition) is 0. The van der Waals surface area contributed by atoms with Crippen molar-refractivity contribution in [3.05, 3.63) is 0 Å². The zero-order valence-corrected chi connectivity index (χ0v) is 9.11. The highest BCUT2D eigenvalue weighted by atomic mass is 16.6. The molecule has 2 rings (SSSR count). The maximum Gasteiger partial charge on any atom is 0.302 e. The summed E-state index contributed by atoms with van der Waals surface area (Å²) < 4.78 is 15.7. The minimum absolute atomic E-state index is 0.245. The van der Waals surface area contributed by atoms with Crippen LogP contribution in [0.1, 0.15) is 26.2 Å². The van der Waals surface area contributed by atoms with E-state index in [-0.39, 0.29) is 5.97 Å². The number of hydrogen-bond acceptors (Lipinski definition) is 4. The molecule has 1 saturated carbocycles. The Hall–Kier alpha value is -0.610. The third-order valence-corrected chi connectivity index (χ3v) is 3.00. The quantitative estimate of drug-likeness (QED) is 0.391. The highest BCUT2D eigenvalue weighted by Gasteiger charge is 2.43. The van der Waals surface area contributed by atoms with E-state index in [1.807, 2.05) is 0 Å². The molecule has 0 bridgehead atoms. The summed E-state index contributed by atoms with van der Waals surface area (Å²) in [5, 5.41) is 0. The minimum Gasteiger partial charge on any atom is -0.463 e. The molecule has 0 amide bonds. The minimum atomic E-state index is -0.245. The Labute approximate surface area is 89.9 Å². The van der Waals surface area contributed by atoms with Crippen LogP contribution < -0.4 is 0 Å². The maximum absolute atomic E-state index is 10.5. The molecule has 0 spiro atoms. The normalized spacial score (nSPS) is 33.3. The number of carbonyl (C=O) groups excluding carboxylic acids is 1. The molecule has 1 aliphatic carbocycles. The molecule has 0 N–H and O–H groups in total. The number of ether oxygens (including phenoxy) is 3. The first-order chi connectivity index (χ1) is 7.25. The van der Waals surface area contributed by atoms with Crippen molar-refractivity contribution in [3.63, 3.8) is 0 Å². The zero-order valence-electron chi connectivity index (χ0n) is 9.11. The SMILES string of the molecule is CC(=O)OCCOCC1CCC2OC2C1. The van der Waals surface area contributed by atoms with Gasteiger partial charge in [-0.05, 0) is 25.2 Å². The van der Waals surface area contributed by atoms with Gasteiger partial charge in [0.05, 0.1) is 18.8 Å². The van der Waals surface area contributed by atoms with E-state index in [4.69, 9.17) is 14.2 Å². The lowest BCUT2D eigenvalue weighted by Gasteiger charge is -2.18. The highest BCUT2D eigenvalue weighted by molar-refractivity contribution is 5.65. The largest absolute Gasteiger partial charge is 0.463 e. The molecular formula is C11H18O4. The van der Waals surface area contributed by atoms with E-state index < -0.39 is 0 Å². The molecule has 86 valence electrons. The van der Waals surface area contributed by atoms with Gasteiger partial charge in [-0.1, -0.05) is 0 Å². The first-order valence-electron chi connectivity index (χ1n) is 5.62. The van der Waals surface area contributed by atoms with Crippen molar-refractivity contribution < 1.29 is 19.0 Å². The summed E-state index contributed by atoms with van der Waals surface area (Å²) in [6.07, 6.45) is 4.60. The third kappa shape index (κ3) is 3.47. The molecule has 2 aliphatic rings. The molecule has 0 radical (unpaired) electrons. The van der Waals surface area contributed by atoms with E-state index in [0.717, 1.165) is 13.0 Å². The first kappa shape index (κ1) is 10.9. The molecule has 0 aromatic heterocycles. The number of rotatable bonds is 5. The summed E-state index contributed by atoms with van der Waals surface area (Å²) in [6, 6.07) is 0. The molecule has 4 nitrogen and oxygen atoms in total. The summed E-state index contributed by atoms with van der Waals surface area (Å²) in [6.45, 7) is 3.05. The molecule has 3 unspecified atom stereocenters. The van der Waals surface area contributed by atoms with Gasteiger partial charge in [-0.25, -0.2) is 0 Å². The van der Waals surface area contributed by atoms with Crippen LogP contribution in [0, 0.1) is 5.92 Å². The second-order valence-corrected chi connectivity index (χ2v) is 4.31. The van der Waals surface area contributed by atoms with Gasteiger partial charge in [-0.3, -0.25) is 4.79 Å². The lowest BCUT2D eigenvalue weighted by Crippen LogP contribution is -2.19. The van der Waals surface area contributed by atoms with Gasteiger partial charge in [0.25, 0.3) is 0 Å². The molecule has 0 aromatic carbocycles. The smallest absolute Gasteiger partial charge is 0.302 e. The fourth-order valence-electron chi connectivity index (χ4n) is 2.13. The van der Waals surface area contributed by atoms with E-state index in [1.165, 1.54) is 19.8 Å². The van der Waals surface area contributed by atoms with Gasteiger partial charge < -0.3 is 14.2 Å². The van der Waals surface area contributed by atoms with Gasteiger partial charge in [0.1, 0.15) is 6.61 Å². The van der Waals surface area contributed by atoms with Crippen LogP contribution in [0.3, 0.4) is 0 Å². The maximum atomic E-state index is 10.5. The molecular weight excluding hydrogens is 196 g/mol. The summed E-state index contributed by atoms with van der Waals surface area (Å²) in [4.78, 5) is 10.5. The van der Waals surface area contributed by atoms with Crippen molar-refractivity contribution in [2.45, 2.75) is 38.4 Å². The Morgan fingerprint density at radius 3 is 2.93 bits per heavy atom. The summed E-state index contributed by atoms with van der Waals surface area (Å²) in [5.41, 5.74) is 0. The van der Waals surface area contributed by atoms with E-state index in [1.54, 1.807) is 0 Å². The Bertz CT molecular complexity index is 229. The van der Waals surface area contributed by atoms with Crippen molar-refractivity contribution in [3.8, 4) is 0 Å². The highest BCUT2D eigenvalue weighted by Crippen LogP contribution is 2.39. The number of fused-ring (bicyclic) bond motifs is 1. The predicted molar refractivity (Wildman–Crippen MR) is 53.5 cm³/mol. The molecule has 1 heterocycles. The number of epoxide rings is 1. The molecule has 0 aromatic rings. The van der Waals surface area contributed by atoms with Crippen LogP contribution in [0.5, 0.6) is 0 Å². The molecule has 15 heavy (non-hydrogen) atoms. The fourth-order valence-corrected chi connectivity index (χ4v) is 2.13. The van der Waals surface area contributed by atoms with Crippen molar-refractivity contribution in [2.75, 3.05) is 19.8 Å². The van der Waals surface area contributed by atoms with Gasteiger partial charge in [-0.2, -0.15) is 0 Å². The van der Waals surface area contributed by atoms with Crippen LogP contribution in [0.4, 0.5) is 0 Å². The number of esters is 1. The fraction of sp³-hybridized carbons (Fsp3) is 0.909. The van der Waals surface area contributed by atoms with Gasteiger partial charge in [0.15, 0.2) is 0 Å². The standard InChI is InChI=1S/C11H18O4/c1-8(12)14-5-4-13-7-9-2-3-10-11(6-9)15-10/h9-11H,2-7H2,1H3. The van der Waals surface area contributed by atoms with E-state index in [2.05, 4.69) is 0 Å². The first-order valence-corrected chi connectivity index (χ1v) is 5.62. The van der Waals surface area contributed by atoms with Crippen LogP contribution in [0.25, 0.3) is 0 Å². The van der Waals surface area contributed by atoms with Crippen LogP contribution in [0.2, 0.25) is 0 Å². The predicted octanol–water partition coefficient (Wildman–Crippen LogP) is 1.13. The van der Waals surface area contributed by atoms with Crippen LogP contribution >= 0.6 is 0 Å². The Morgan fingerprint density at radius 2 is 2.20 bits per heavy atom. The molecule has 3 atom stereocenters. The van der Waals surface area contributed by atoms with Crippen molar-refractivity contribution in [2.24, 2.45) is 5.92 Å². The molecule has 1 aliphatic heterocycles. The van der Waals surface area contributed by atoms with Crippen LogP contribution in [0.15, 0.2) is 0 Å². The number of carbonyl (C=O) groups is 1. The summed E-state index contributed by atoms with van der Waals surface area (Å²) >= 11 is 0. The van der Waals surface area contributed by atoms with Crippen LogP contribution in [-0.2, 0) is 19.0 Å². The Kier molecular flexibility index (Phi) is 3.59. The summed E-state index contributed by atoms with van der Waals surface area (Å²) in [5.74, 6) is 0.386. The van der Waals surface area contributed by atoms with E-state index >= 15 is 0 Å². The zero-order chi connectivity index (χ0) is 10.7. The Balaban J connectivity index is 1.48. The van der Waals surface area contributed by atoms with Crippen molar-refractivity contribution in [1.29, 1.82) is 0 Å². The van der Waals surface area contributed by atoms with E-state index in [0.29, 0.717) is 31.3 Å². The van der Waals surface area contributed by atoms with Crippen molar-refractivity contribution in [1.82, 2.24) is 0 Å².